The normalized spacial score (nSPS) is 12.5. The van der Waals surface area contributed by atoms with Crippen molar-refractivity contribution in [3.8, 4) is 17.2 Å². The van der Waals surface area contributed by atoms with Crippen molar-refractivity contribution < 1.29 is 18.9 Å². The predicted octanol–water partition coefficient (Wildman–Crippen LogP) is 2.56. The number of ether oxygens (including phenoxy) is 4. The maximum absolute atomic E-state index is 5.71. The number of allylic oxidation sites excluding steroid dienone is 1. The Kier molecular flexibility index (Phi) is 4.47. The van der Waals surface area contributed by atoms with E-state index in [1.165, 1.54) is 0 Å². The third-order valence-electron chi connectivity index (χ3n) is 2.61. The second kappa shape index (κ2) is 6.31. The van der Waals surface area contributed by atoms with E-state index in [-0.39, 0.29) is 6.79 Å². The minimum atomic E-state index is 0.269. The first kappa shape index (κ1) is 12.8. The van der Waals surface area contributed by atoms with Crippen molar-refractivity contribution in [2.75, 3.05) is 26.6 Å². The molecule has 1 aliphatic rings. The Labute approximate surface area is 107 Å². The summed E-state index contributed by atoms with van der Waals surface area (Å²) in [5, 5.41) is 0. The molecule has 0 saturated carbocycles. The largest absolute Gasteiger partial charge is 0.491 e. The number of fused-ring (bicyclic) bond motifs is 1. The van der Waals surface area contributed by atoms with Crippen molar-refractivity contribution >= 4 is 0 Å². The van der Waals surface area contributed by atoms with Crippen LogP contribution in [0.4, 0.5) is 0 Å². The van der Waals surface area contributed by atoms with Crippen LogP contribution in [-0.2, 0) is 11.2 Å². The maximum Gasteiger partial charge on any atom is 0.231 e. The first-order valence-electron chi connectivity index (χ1n) is 6.09. The van der Waals surface area contributed by atoms with Gasteiger partial charge in [-0.1, -0.05) is 6.08 Å². The van der Waals surface area contributed by atoms with Crippen LogP contribution in [0.25, 0.3) is 0 Å². The zero-order valence-corrected chi connectivity index (χ0v) is 10.6. The van der Waals surface area contributed by atoms with Gasteiger partial charge in [0.1, 0.15) is 12.4 Å². The van der Waals surface area contributed by atoms with Gasteiger partial charge in [0.2, 0.25) is 6.79 Å². The Bertz CT molecular complexity index is 415. The average Bonchev–Trinajstić information content (AvgIpc) is 2.82. The van der Waals surface area contributed by atoms with Gasteiger partial charge in [0.25, 0.3) is 0 Å². The monoisotopic (exact) mass is 250 g/mol. The van der Waals surface area contributed by atoms with E-state index < -0.39 is 0 Å². The lowest BCUT2D eigenvalue weighted by atomic mass is 10.1. The van der Waals surface area contributed by atoms with Crippen molar-refractivity contribution in [3.63, 3.8) is 0 Å². The quantitative estimate of drug-likeness (QED) is 0.550. The van der Waals surface area contributed by atoms with E-state index in [0.29, 0.717) is 19.8 Å². The van der Waals surface area contributed by atoms with E-state index >= 15 is 0 Å². The van der Waals surface area contributed by atoms with Gasteiger partial charge in [0.15, 0.2) is 11.5 Å². The van der Waals surface area contributed by atoms with Gasteiger partial charge >= 0.3 is 0 Å². The van der Waals surface area contributed by atoms with Crippen molar-refractivity contribution in [2.45, 2.75) is 13.3 Å². The molecule has 4 heteroatoms. The van der Waals surface area contributed by atoms with Crippen LogP contribution in [0.2, 0.25) is 0 Å². The minimum absolute atomic E-state index is 0.269. The molecule has 0 spiro atoms. The Balaban J connectivity index is 2.08. The van der Waals surface area contributed by atoms with Crippen LogP contribution in [0.5, 0.6) is 17.2 Å². The summed E-state index contributed by atoms with van der Waals surface area (Å²) in [6.45, 7) is 7.78. The van der Waals surface area contributed by atoms with Gasteiger partial charge in [-0.15, -0.1) is 6.58 Å². The molecular formula is C14H18O4. The molecule has 18 heavy (non-hydrogen) atoms. The molecule has 0 atom stereocenters. The molecule has 1 aliphatic heterocycles. The zero-order valence-electron chi connectivity index (χ0n) is 10.6. The van der Waals surface area contributed by atoms with Crippen LogP contribution in [0.15, 0.2) is 24.8 Å². The van der Waals surface area contributed by atoms with Gasteiger partial charge in [-0.25, -0.2) is 0 Å². The summed E-state index contributed by atoms with van der Waals surface area (Å²) in [4.78, 5) is 0. The molecule has 0 aliphatic carbocycles. The van der Waals surface area contributed by atoms with Gasteiger partial charge < -0.3 is 18.9 Å². The molecule has 98 valence electrons. The molecule has 0 fully saturated rings. The third kappa shape index (κ3) is 2.96. The van der Waals surface area contributed by atoms with Crippen LogP contribution in [0.1, 0.15) is 12.5 Å². The molecule has 1 heterocycles. The fourth-order valence-electron chi connectivity index (χ4n) is 1.77. The number of hydrogen-bond acceptors (Lipinski definition) is 4. The molecular weight excluding hydrogens is 232 g/mol. The fourth-order valence-corrected chi connectivity index (χ4v) is 1.77. The van der Waals surface area contributed by atoms with E-state index in [2.05, 4.69) is 6.58 Å². The average molecular weight is 250 g/mol. The van der Waals surface area contributed by atoms with E-state index in [4.69, 9.17) is 18.9 Å². The first-order chi connectivity index (χ1) is 8.85. The molecule has 0 unspecified atom stereocenters. The Hall–Kier alpha value is -1.68. The summed E-state index contributed by atoms with van der Waals surface area (Å²) < 4.78 is 21.6. The number of hydrogen-bond donors (Lipinski definition) is 0. The summed E-state index contributed by atoms with van der Waals surface area (Å²) in [5.41, 5.74) is 1.05. The summed E-state index contributed by atoms with van der Waals surface area (Å²) in [6.07, 6.45) is 2.58. The molecule has 1 aromatic rings. The fraction of sp³-hybridized carbons (Fsp3) is 0.429. The Morgan fingerprint density at radius 1 is 1.28 bits per heavy atom. The predicted molar refractivity (Wildman–Crippen MR) is 68.5 cm³/mol. The highest BCUT2D eigenvalue weighted by molar-refractivity contribution is 5.52. The number of rotatable bonds is 7. The SMILES string of the molecule is C=CCc1cc2c(cc1OCCOCC)OCO2. The molecule has 0 N–H and O–H groups in total. The van der Waals surface area contributed by atoms with Gasteiger partial charge in [0, 0.05) is 18.2 Å². The van der Waals surface area contributed by atoms with Crippen molar-refractivity contribution in [2.24, 2.45) is 0 Å². The second-order valence-electron chi connectivity index (χ2n) is 3.85. The molecule has 0 saturated heterocycles. The topological polar surface area (TPSA) is 36.9 Å². The van der Waals surface area contributed by atoms with E-state index in [1.54, 1.807) is 0 Å². The van der Waals surface area contributed by atoms with Crippen LogP contribution < -0.4 is 14.2 Å². The van der Waals surface area contributed by atoms with Crippen LogP contribution >= 0.6 is 0 Å². The van der Waals surface area contributed by atoms with E-state index in [0.717, 1.165) is 29.2 Å². The summed E-state index contributed by atoms with van der Waals surface area (Å²) in [7, 11) is 0. The highest BCUT2D eigenvalue weighted by atomic mass is 16.7. The van der Waals surface area contributed by atoms with Crippen LogP contribution in [-0.4, -0.2) is 26.6 Å². The molecule has 4 nitrogen and oxygen atoms in total. The van der Waals surface area contributed by atoms with Gasteiger partial charge in [-0.05, 0) is 19.4 Å². The lowest BCUT2D eigenvalue weighted by molar-refractivity contribution is 0.110. The standard InChI is InChI=1S/C14H18O4/c1-3-5-11-8-13-14(18-10-17-13)9-12(11)16-7-6-15-4-2/h3,8-9H,1,4-7,10H2,2H3. The van der Waals surface area contributed by atoms with Crippen molar-refractivity contribution in [1.82, 2.24) is 0 Å². The van der Waals surface area contributed by atoms with Crippen molar-refractivity contribution in [1.29, 1.82) is 0 Å². The van der Waals surface area contributed by atoms with Gasteiger partial charge in [-0.3, -0.25) is 0 Å². The summed E-state index contributed by atoms with van der Waals surface area (Å²) in [5.74, 6) is 2.30. The molecule has 0 amide bonds. The zero-order chi connectivity index (χ0) is 12.8. The maximum atomic E-state index is 5.71. The van der Waals surface area contributed by atoms with Gasteiger partial charge in [-0.2, -0.15) is 0 Å². The first-order valence-corrected chi connectivity index (χ1v) is 6.09. The molecule has 2 rings (SSSR count). The second-order valence-corrected chi connectivity index (χ2v) is 3.85. The van der Waals surface area contributed by atoms with Crippen molar-refractivity contribution in [3.05, 3.63) is 30.4 Å². The summed E-state index contributed by atoms with van der Waals surface area (Å²) in [6, 6.07) is 3.81. The minimum Gasteiger partial charge on any atom is -0.491 e. The van der Waals surface area contributed by atoms with Crippen LogP contribution in [0, 0.1) is 0 Å². The van der Waals surface area contributed by atoms with Gasteiger partial charge in [0.05, 0.1) is 6.61 Å². The molecule has 1 aromatic carbocycles. The lowest BCUT2D eigenvalue weighted by Crippen LogP contribution is -2.07. The molecule has 0 aromatic heterocycles. The number of benzene rings is 1. The smallest absolute Gasteiger partial charge is 0.231 e. The Morgan fingerprint density at radius 2 is 2.06 bits per heavy atom. The van der Waals surface area contributed by atoms with Crippen LogP contribution in [0.3, 0.4) is 0 Å². The Morgan fingerprint density at radius 3 is 2.78 bits per heavy atom. The molecule has 0 radical (unpaired) electrons. The summed E-state index contributed by atoms with van der Waals surface area (Å²) >= 11 is 0. The third-order valence-corrected chi connectivity index (χ3v) is 2.61. The highest BCUT2D eigenvalue weighted by Crippen LogP contribution is 2.38. The van der Waals surface area contributed by atoms with E-state index in [1.807, 2.05) is 25.1 Å². The highest BCUT2D eigenvalue weighted by Gasteiger charge is 2.17. The van der Waals surface area contributed by atoms with E-state index in [9.17, 15) is 0 Å². The molecule has 0 bridgehead atoms. The lowest BCUT2D eigenvalue weighted by Gasteiger charge is -2.11.